The number of aryl methyl sites for hydroxylation is 1. The Morgan fingerprint density at radius 2 is 2.38 bits per heavy atom. The molecule has 4 rings (SSSR count). The molecule has 0 unspecified atom stereocenters. The van der Waals surface area contributed by atoms with Crippen LogP contribution in [-0.4, -0.2) is 21.3 Å². The minimum atomic E-state index is 0.0910. The average molecular weight is 368 g/mol. The first-order valence-electron chi connectivity index (χ1n) is 7.19. The molecule has 1 aliphatic heterocycles. The van der Waals surface area contributed by atoms with E-state index in [1.807, 2.05) is 6.92 Å². The Kier molecular flexibility index (Phi) is 3.05. The molecular formula is C15H16BrClN4. The number of anilines is 1. The lowest BCUT2D eigenvalue weighted by atomic mass is 9.81. The summed E-state index contributed by atoms with van der Waals surface area (Å²) in [5.41, 5.74) is 2.35. The molecule has 1 N–H and O–H groups in total. The van der Waals surface area contributed by atoms with Gasteiger partial charge in [0.2, 0.25) is 0 Å². The highest BCUT2D eigenvalue weighted by Crippen LogP contribution is 2.53. The van der Waals surface area contributed by atoms with E-state index in [0.29, 0.717) is 6.04 Å². The van der Waals surface area contributed by atoms with Crippen molar-refractivity contribution >= 4 is 33.3 Å². The van der Waals surface area contributed by atoms with Crippen LogP contribution in [0.3, 0.4) is 0 Å². The number of nitrogens with one attached hydrogen (secondary N) is 1. The van der Waals surface area contributed by atoms with Crippen LogP contribution in [0.1, 0.15) is 36.6 Å². The van der Waals surface area contributed by atoms with Crippen LogP contribution in [0.15, 0.2) is 22.9 Å². The number of hydrogen-bond acceptors (Lipinski definition) is 3. The van der Waals surface area contributed by atoms with E-state index in [2.05, 4.69) is 48.3 Å². The van der Waals surface area contributed by atoms with Gasteiger partial charge in [0.1, 0.15) is 5.82 Å². The van der Waals surface area contributed by atoms with Crippen LogP contribution in [0.5, 0.6) is 0 Å². The van der Waals surface area contributed by atoms with E-state index >= 15 is 0 Å². The Hall–Kier alpha value is -1.07. The number of fused-ring (bicyclic) bond motifs is 2. The van der Waals surface area contributed by atoms with Crippen LogP contribution in [0.2, 0.25) is 5.02 Å². The lowest BCUT2D eigenvalue weighted by Gasteiger charge is -2.24. The fourth-order valence-corrected chi connectivity index (χ4v) is 4.41. The van der Waals surface area contributed by atoms with Crippen molar-refractivity contribution in [2.24, 2.45) is 0 Å². The van der Waals surface area contributed by atoms with Crippen LogP contribution >= 0.6 is 27.5 Å². The van der Waals surface area contributed by atoms with Crippen molar-refractivity contribution < 1.29 is 0 Å². The number of nitrogens with zero attached hydrogens (tertiary/aromatic N) is 3. The van der Waals surface area contributed by atoms with E-state index in [0.717, 1.165) is 46.8 Å². The predicted molar refractivity (Wildman–Crippen MR) is 87.0 cm³/mol. The molecule has 3 heterocycles. The summed E-state index contributed by atoms with van der Waals surface area (Å²) >= 11 is 10.1. The van der Waals surface area contributed by atoms with E-state index in [1.54, 1.807) is 6.20 Å². The molecule has 2 atom stereocenters. The number of halogens is 2. The number of aromatic nitrogens is 3. The zero-order valence-corrected chi connectivity index (χ0v) is 14.1. The zero-order chi connectivity index (χ0) is 14.6. The molecule has 2 aliphatic rings. The lowest BCUT2D eigenvalue weighted by Crippen LogP contribution is -2.26. The van der Waals surface area contributed by atoms with Gasteiger partial charge in [0.25, 0.3) is 0 Å². The van der Waals surface area contributed by atoms with Gasteiger partial charge in [0, 0.05) is 29.9 Å². The molecule has 2 aromatic rings. The highest BCUT2D eigenvalue weighted by molar-refractivity contribution is 9.10. The Balaban J connectivity index is 1.72. The SMILES string of the molecule is Cc1ccn([C@H]2CC[C@@]3(CNc4ncc(Br)c(Cl)c43)C2)n1. The van der Waals surface area contributed by atoms with Crippen molar-refractivity contribution in [2.45, 2.75) is 37.6 Å². The Morgan fingerprint density at radius 3 is 3.14 bits per heavy atom. The molecule has 21 heavy (non-hydrogen) atoms. The second-order valence-electron chi connectivity index (χ2n) is 6.11. The molecular weight excluding hydrogens is 352 g/mol. The largest absolute Gasteiger partial charge is 0.369 e. The molecule has 0 bridgehead atoms. The highest BCUT2D eigenvalue weighted by atomic mass is 79.9. The van der Waals surface area contributed by atoms with Gasteiger partial charge in [-0.3, -0.25) is 4.68 Å². The zero-order valence-electron chi connectivity index (χ0n) is 11.7. The van der Waals surface area contributed by atoms with Gasteiger partial charge in [0.15, 0.2) is 0 Å². The minimum Gasteiger partial charge on any atom is -0.369 e. The monoisotopic (exact) mass is 366 g/mol. The van der Waals surface area contributed by atoms with Crippen molar-refractivity contribution in [3.63, 3.8) is 0 Å². The van der Waals surface area contributed by atoms with Gasteiger partial charge in [-0.25, -0.2) is 4.98 Å². The van der Waals surface area contributed by atoms with Gasteiger partial charge < -0.3 is 5.32 Å². The van der Waals surface area contributed by atoms with Gasteiger partial charge in [-0.1, -0.05) is 11.6 Å². The number of rotatable bonds is 1. The molecule has 6 heteroatoms. The molecule has 0 aromatic carbocycles. The maximum atomic E-state index is 6.56. The van der Waals surface area contributed by atoms with Crippen LogP contribution in [0, 0.1) is 6.92 Å². The number of pyridine rings is 1. The molecule has 1 aliphatic carbocycles. The third-order valence-corrected chi connectivity index (χ3v) is 6.02. The quantitative estimate of drug-likeness (QED) is 0.825. The Morgan fingerprint density at radius 1 is 1.52 bits per heavy atom. The lowest BCUT2D eigenvalue weighted by molar-refractivity contribution is 0.417. The van der Waals surface area contributed by atoms with Gasteiger partial charge in [-0.05, 0) is 48.2 Å². The standard InChI is InChI=1S/C15H16BrClN4/c1-9-3-5-21(20-9)10-2-4-15(6-10)8-19-14-12(15)13(17)11(16)7-18-14/h3,5,7,10H,2,4,6,8H2,1H3,(H,18,19)/t10-,15-/m0/s1. The van der Waals surface area contributed by atoms with Crippen molar-refractivity contribution in [3.05, 3.63) is 39.2 Å². The first-order chi connectivity index (χ1) is 10.1. The average Bonchev–Trinajstić information content (AvgIpc) is 3.15. The second-order valence-corrected chi connectivity index (χ2v) is 7.34. The van der Waals surface area contributed by atoms with Crippen LogP contribution in [0.25, 0.3) is 0 Å². The first kappa shape index (κ1) is 13.6. The molecule has 0 amide bonds. The van der Waals surface area contributed by atoms with Crippen molar-refractivity contribution in [3.8, 4) is 0 Å². The summed E-state index contributed by atoms with van der Waals surface area (Å²) < 4.78 is 2.99. The van der Waals surface area contributed by atoms with E-state index in [9.17, 15) is 0 Å². The summed E-state index contributed by atoms with van der Waals surface area (Å²) in [6.45, 7) is 2.95. The van der Waals surface area contributed by atoms with Gasteiger partial charge in [-0.2, -0.15) is 5.10 Å². The molecule has 110 valence electrons. The van der Waals surface area contributed by atoms with Crippen molar-refractivity contribution in [2.75, 3.05) is 11.9 Å². The molecule has 1 spiro atoms. The second kappa shape index (κ2) is 4.71. The molecule has 0 saturated heterocycles. The highest BCUT2D eigenvalue weighted by Gasteiger charge is 2.47. The Bertz CT molecular complexity index is 714. The molecule has 1 saturated carbocycles. The minimum absolute atomic E-state index is 0.0910. The summed E-state index contributed by atoms with van der Waals surface area (Å²) in [5.74, 6) is 0.945. The van der Waals surface area contributed by atoms with Gasteiger partial charge in [-0.15, -0.1) is 0 Å². The maximum absolute atomic E-state index is 6.56. The van der Waals surface area contributed by atoms with Crippen LogP contribution in [-0.2, 0) is 5.41 Å². The number of hydrogen-bond donors (Lipinski definition) is 1. The summed E-state index contributed by atoms with van der Waals surface area (Å²) in [6.07, 6.45) is 7.17. The normalized spacial score (nSPS) is 27.1. The molecule has 4 nitrogen and oxygen atoms in total. The van der Waals surface area contributed by atoms with E-state index in [4.69, 9.17) is 11.6 Å². The van der Waals surface area contributed by atoms with E-state index in [-0.39, 0.29) is 5.41 Å². The summed E-state index contributed by atoms with van der Waals surface area (Å²) in [5, 5.41) is 8.82. The summed E-state index contributed by atoms with van der Waals surface area (Å²) in [7, 11) is 0. The predicted octanol–water partition coefficient (Wildman–Crippen LogP) is 4.09. The van der Waals surface area contributed by atoms with Crippen molar-refractivity contribution in [1.29, 1.82) is 0 Å². The van der Waals surface area contributed by atoms with Gasteiger partial charge in [0.05, 0.1) is 21.2 Å². The fraction of sp³-hybridized carbons (Fsp3) is 0.467. The third kappa shape index (κ3) is 2.01. The van der Waals surface area contributed by atoms with Gasteiger partial charge >= 0.3 is 0 Å². The van der Waals surface area contributed by atoms with Crippen molar-refractivity contribution in [1.82, 2.24) is 14.8 Å². The Labute approximate surface area is 137 Å². The molecule has 0 radical (unpaired) electrons. The van der Waals surface area contributed by atoms with E-state index < -0.39 is 0 Å². The third-order valence-electron chi connectivity index (χ3n) is 4.80. The fourth-order valence-electron chi connectivity index (χ4n) is 3.77. The first-order valence-corrected chi connectivity index (χ1v) is 8.36. The van der Waals surface area contributed by atoms with Crippen LogP contribution < -0.4 is 5.32 Å². The molecule has 2 aromatic heterocycles. The maximum Gasteiger partial charge on any atom is 0.131 e. The topological polar surface area (TPSA) is 42.7 Å². The molecule has 1 fully saturated rings. The smallest absolute Gasteiger partial charge is 0.131 e. The summed E-state index contributed by atoms with van der Waals surface area (Å²) in [4.78, 5) is 4.48. The van der Waals surface area contributed by atoms with E-state index in [1.165, 1.54) is 5.56 Å². The summed E-state index contributed by atoms with van der Waals surface area (Å²) in [6, 6.07) is 2.51. The van der Waals surface area contributed by atoms with Crippen LogP contribution in [0.4, 0.5) is 5.82 Å².